The molecule has 168 valence electrons. The number of piperidine rings is 1. The topological polar surface area (TPSA) is 89.1 Å². The van der Waals surface area contributed by atoms with Gasteiger partial charge in [-0.3, -0.25) is 14.5 Å². The van der Waals surface area contributed by atoms with Crippen molar-refractivity contribution in [2.45, 2.75) is 45.1 Å². The monoisotopic (exact) mass is 421 g/mol. The van der Waals surface area contributed by atoms with E-state index in [0.29, 0.717) is 36.6 Å². The first kappa shape index (κ1) is 23.8. The predicted octanol–water partition coefficient (Wildman–Crippen LogP) is 1.75. The normalized spacial score (nSPS) is 14.8. The summed E-state index contributed by atoms with van der Waals surface area (Å²) in [5, 5.41) is 6.03. The number of rotatable bonds is 11. The van der Waals surface area contributed by atoms with Crippen molar-refractivity contribution in [2.75, 3.05) is 47.5 Å². The number of hydrogen-bond acceptors (Lipinski definition) is 6. The Kier molecular flexibility index (Phi) is 9.73. The van der Waals surface area contributed by atoms with Crippen LogP contribution in [0.25, 0.3) is 0 Å². The highest BCUT2D eigenvalue weighted by Gasteiger charge is 2.22. The van der Waals surface area contributed by atoms with Crippen LogP contribution in [0.2, 0.25) is 0 Å². The molecule has 0 aromatic heterocycles. The fraction of sp³-hybridized carbons (Fsp3) is 0.636. The molecule has 8 nitrogen and oxygen atoms in total. The molecule has 0 atom stereocenters. The number of ether oxygens (including phenoxy) is 3. The molecular weight excluding hydrogens is 386 g/mol. The van der Waals surface area contributed by atoms with E-state index < -0.39 is 0 Å². The number of carbonyl (C=O) groups excluding carboxylic acids is 2. The molecule has 0 aliphatic carbocycles. The molecule has 1 aliphatic rings. The van der Waals surface area contributed by atoms with E-state index >= 15 is 0 Å². The van der Waals surface area contributed by atoms with E-state index in [-0.39, 0.29) is 17.9 Å². The molecule has 0 radical (unpaired) electrons. The van der Waals surface area contributed by atoms with Crippen LogP contribution in [-0.4, -0.2) is 70.3 Å². The summed E-state index contributed by atoms with van der Waals surface area (Å²) < 4.78 is 16.1. The second-order valence-electron chi connectivity index (χ2n) is 7.50. The van der Waals surface area contributed by atoms with Crippen LogP contribution in [0.4, 0.5) is 0 Å². The number of aryl methyl sites for hydroxylation is 1. The van der Waals surface area contributed by atoms with E-state index in [4.69, 9.17) is 14.2 Å². The molecule has 0 bridgehead atoms. The van der Waals surface area contributed by atoms with Crippen LogP contribution in [0.1, 0.15) is 38.2 Å². The molecule has 0 spiro atoms. The molecule has 0 unspecified atom stereocenters. The lowest BCUT2D eigenvalue weighted by Gasteiger charge is -2.31. The summed E-state index contributed by atoms with van der Waals surface area (Å²) in [7, 11) is 4.72. The highest BCUT2D eigenvalue weighted by Crippen LogP contribution is 2.38. The van der Waals surface area contributed by atoms with Gasteiger partial charge >= 0.3 is 0 Å². The van der Waals surface area contributed by atoms with Gasteiger partial charge in [0.05, 0.1) is 27.9 Å². The molecule has 1 aromatic carbocycles. The molecule has 2 N–H and O–H groups in total. The van der Waals surface area contributed by atoms with Gasteiger partial charge in [-0.2, -0.15) is 0 Å². The van der Waals surface area contributed by atoms with Crippen LogP contribution in [0, 0.1) is 0 Å². The van der Waals surface area contributed by atoms with Crippen molar-refractivity contribution in [3.63, 3.8) is 0 Å². The van der Waals surface area contributed by atoms with Gasteiger partial charge in [0, 0.05) is 32.1 Å². The first-order valence-corrected chi connectivity index (χ1v) is 10.6. The Hall–Kier alpha value is -2.48. The highest BCUT2D eigenvalue weighted by atomic mass is 16.5. The molecular formula is C22H35N3O5. The average molecular weight is 422 g/mol. The van der Waals surface area contributed by atoms with Gasteiger partial charge in [-0.15, -0.1) is 0 Å². The number of likely N-dealkylation sites (tertiary alicyclic amines) is 1. The van der Waals surface area contributed by atoms with Crippen LogP contribution in [0.15, 0.2) is 12.1 Å². The molecule has 1 fully saturated rings. The molecule has 1 aromatic rings. The van der Waals surface area contributed by atoms with Gasteiger partial charge in [0.1, 0.15) is 0 Å². The van der Waals surface area contributed by atoms with Crippen molar-refractivity contribution in [3.8, 4) is 17.2 Å². The first-order chi connectivity index (χ1) is 14.5. The minimum Gasteiger partial charge on any atom is -0.493 e. The summed E-state index contributed by atoms with van der Waals surface area (Å²) >= 11 is 0. The summed E-state index contributed by atoms with van der Waals surface area (Å²) in [6, 6.07) is 3.90. The summed E-state index contributed by atoms with van der Waals surface area (Å²) in [5.41, 5.74) is 0.951. The number of methoxy groups -OCH3 is 3. The fourth-order valence-corrected chi connectivity index (χ4v) is 3.60. The van der Waals surface area contributed by atoms with Gasteiger partial charge in [-0.1, -0.05) is 6.92 Å². The highest BCUT2D eigenvalue weighted by molar-refractivity contribution is 5.78. The molecule has 8 heteroatoms. The van der Waals surface area contributed by atoms with Crippen molar-refractivity contribution in [2.24, 2.45) is 0 Å². The number of hydrogen-bond donors (Lipinski definition) is 2. The maximum Gasteiger partial charge on any atom is 0.234 e. The maximum atomic E-state index is 12.4. The molecule has 1 aliphatic heterocycles. The number of amides is 2. The van der Waals surface area contributed by atoms with Crippen molar-refractivity contribution in [3.05, 3.63) is 17.7 Å². The molecule has 2 amide bonds. The van der Waals surface area contributed by atoms with E-state index in [0.717, 1.165) is 44.5 Å². The van der Waals surface area contributed by atoms with E-state index in [1.807, 2.05) is 19.1 Å². The average Bonchev–Trinajstić information content (AvgIpc) is 2.76. The summed E-state index contributed by atoms with van der Waals surface area (Å²) in [6.07, 6.45) is 3.63. The smallest absolute Gasteiger partial charge is 0.234 e. The molecule has 1 heterocycles. The van der Waals surface area contributed by atoms with E-state index in [9.17, 15) is 9.59 Å². The van der Waals surface area contributed by atoms with Gasteiger partial charge in [0.2, 0.25) is 17.6 Å². The predicted molar refractivity (Wildman–Crippen MR) is 115 cm³/mol. The lowest BCUT2D eigenvalue weighted by atomic mass is 10.0. The van der Waals surface area contributed by atoms with Gasteiger partial charge in [0.25, 0.3) is 0 Å². The van der Waals surface area contributed by atoms with Crippen LogP contribution in [-0.2, 0) is 16.0 Å². The van der Waals surface area contributed by atoms with E-state index in [2.05, 4.69) is 15.5 Å². The van der Waals surface area contributed by atoms with Gasteiger partial charge in [0.15, 0.2) is 11.5 Å². The lowest BCUT2D eigenvalue weighted by Crippen LogP contribution is -2.47. The zero-order chi connectivity index (χ0) is 21.9. The first-order valence-electron chi connectivity index (χ1n) is 10.6. The Morgan fingerprint density at radius 2 is 1.67 bits per heavy atom. The number of nitrogens with one attached hydrogen (secondary N) is 2. The second kappa shape index (κ2) is 12.3. The fourth-order valence-electron chi connectivity index (χ4n) is 3.60. The Balaban J connectivity index is 1.77. The SMILES string of the molecule is CCCNC(=O)CN1CCC(NC(=O)CCc2cc(OC)c(OC)c(OC)c2)CC1. The lowest BCUT2D eigenvalue weighted by molar-refractivity contribution is -0.124. The molecule has 30 heavy (non-hydrogen) atoms. The van der Waals surface area contributed by atoms with E-state index in [1.165, 1.54) is 0 Å². The minimum absolute atomic E-state index is 0.0305. The standard InChI is InChI=1S/C22H35N3O5/c1-5-10-23-21(27)15-25-11-8-17(9-12-25)24-20(26)7-6-16-13-18(28-2)22(30-4)19(14-16)29-3/h13-14,17H,5-12,15H2,1-4H3,(H,23,27)(H,24,26). The van der Waals surface area contributed by atoms with Crippen molar-refractivity contribution in [1.29, 1.82) is 0 Å². The van der Waals surface area contributed by atoms with Gasteiger partial charge < -0.3 is 24.8 Å². The number of nitrogens with zero attached hydrogens (tertiary/aromatic N) is 1. The minimum atomic E-state index is 0.0305. The van der Waals surface area contributed by atoms with Crippen LogP contribution >= 0.6 is 0 Å². The van der Waals surface area contributed by atoms with Gasteiger partial charge in [-0.05, 0) is 43.4 Å². The Labute approximate surface area is 179 Å². The zero-order valence-electron chi connectivity index (χ0n) is 18.6. The largest absolute Gasteiger partial charge is 0.493 e. The zero-order valence-corrected chi connectivity index (χ0v) is 18.6. The Morgan fingerprint density at radius 3 is 2.20 bits per heavy atom. The van der Waals surface area contributed by atoms with Crippen molar-refractivity contribution in [1.82, 2.24) is 15.5 Å². The summed E-state index contributed by atoms with van der Waals surface area (Å²) in [6.45, 7) is 4.82. The van der Waals surface area contributed by atoms with Crippen molar-refractivity contribution >= 4 is 11.8 Å². The van der Waals surface area contributed by atoms with Crippen LogP contribution < -0.4 is 24.8 Å². The third-order valence-corrected chi connectivity index (χ3v) is 5.26. The Morgan fingerprint density at radius 1 is 1.03 bits per heavy atom. The third-order valence-electron chi connectivity index (χ3n) is 5.26. The quantitative estimate of drug-likeness (QED) is 0.566. The third kappa shape index (κ3) is 7.09. The van der Waals surface area contributed by atoms with Gasteiger partial charge in [-0.25, -0.2) is 0 Å². The summed E-state index contributed by atoms with van der Waals surface area (Å²) in [4.78, 5) is 26.4. The molecule has 0 saturated carbocycles. The number of carbonyl (C=O) groups is 2. The van der Waals surface area contributed by atoms with Crippen LogP contribution in [0.5, 0.6) is 17.2 Å². The van der Waals surface area contributed by atoms with Crippen molar-refractivity contribution < 1.29 is 23.8 Å². The van der Waals surface area contributed by atoms with Crippen LogP contribution in [0.3, 0.4) is 0 Å². The molecule has 2 rings (SSSR count). The molecule has 1 saturated heterocycles. The van der Waals surface area contributed by atoms with E-state index in [1.54, 1.807) is 21.3 Å². The second-order valence-corrected chi connectivity index (χ2v) is 7.50. The number of benzene rings is 1. The summed E-state index contributed by atoms with van der Waals surface area (Å²) in [5.74, 6) is 1.82. The maximum absolute atomic E-state index is 12.4. The Bertz CT molecular complexity index is 677.